The Balaban J connectivity index is 2.06. The van der Waals surface area contributed by atoms with Crippen molar-refractivity contribution < 1.29 is 0 Å². The molecule has 20 heavy (non-hydrogen) atoms. The van der Waals surface area contributed by atoms with Gasteiger partial charge in [0.1, 0.15) is 10.7 Å². The van der Waals surface area contributed by atoms with Gasteiger partial charge >= 0.3 is 0 Å². The van der Waals surface area contributed by atoms with Crippen LogP contribution in [0.15, 0.2) is 5.38 Å². The average Bonchev–Trinajstić information content (AvgIpc) is 3.01. The van der Waals surface area contributed by atoms with Gasteiger partial charge in [0.2, 0.25) is 4.96 Å². The molecule has 2 N–H and O–H groups in total. The van der Waals surface area contributed by atoms with Crippen molar-refractivity contribution in [3.8, 4) is 10.7 Å². The summed E-state index contributed by atoms with van der Waals surface area (Å²) in [4.78, 5) is 5.32. The first-order valence-electron chi connectivity index (χ1n) is 6.30. The number of fused-ring (bicyclic) bond motifs is 1. The molecule has 1 unspecified atom stereocenters. The Morgan fingerprint density at radius 2 is 2.05 bits per heavy atom. The van der Waals surface area contributed by atoms with E-state index in [9.17, 15) is 0 Å². The first-order chi connectivity index (χ1) is 9.36. The van der Waals surface area contributed by atoms with Gasteiger partial charge in [0.15, 0.2) is 10.8 Å². The van der Waals surface area contributed by atoms with Crippen LogP contribution in [-0.4, -0.2) is 24.8 Å². The number of aromatic nitrogens is 5. The topological polar surface area (TPSA) is 82.0 Å². The van der Waals surface area contributed by atoms with Crippen molar-refractivity contribution in [1.82, 2.24) is 24.8 Å². The van der Waals surface area contributed by atoms with E-state index in [-0.39, 0.29) is 11.5 Å². The van der Waals surface area contributed by atoms with E-state index in [1.165, 1.54) is 11.3 Å². The summed E-state index contributed by atoms with van der Waals surface area (Å²) in [6.45, 7) is 8.22. The quantitative estimate of drug-likeness (QED) is 0.787. The first-order valence-corrected chi connectivity index (χ1v) is 8.00. The van der Waals surface area contributed by atoms with E-state index in [1.54, 1.807) is 11.3 Å². The Labute approximate surface area is 124 Å². The Morgan fingerprint density at radius 3 is 2.65 bits per heavy atom. The Hall–Kier alpha value is -1.38. The Kier molecular flexibility index (Phi) is 3.11. The summed E-state index contributed by atoms with van der Waals surface area (Å²) < 4.78 is 1.81. The average molecular weight is 308 g/mol. The van der Waals surface area contributed by atoms with Crippen molar-refractivity contribution in [1.29, 1.82) is 0 Å². The maximum atomic E-state index is 5.84. The van der Waals surface area contributed by atoms with Crippen LogP contribution < -0.4 is 5.73 Å². The van der Waals surface area contributed by atoms with Crippen molar-refractivity contribution in [3.05, 3.63) is 16.2 Å². The molecule has 1 atom stereocenters. The molecule has 106 valence electrons. The molecule has 0 saturated carbocycles. The van der Waals surface area contributed by atoms with E-state index >= 15 is 0 Å². The third-order valence-electron chi connectivity index (χ3n) is 2.79. The van der Waals surface area contributed by atoms with Gasteiger partial charge in [0, 0.05) is 10.8 Å². The lowest BCUT2D eigenvalue weighted by Crippen LogP contribution is -2.16. The minimum absolute atomic E-state index is 0.0513. The monoisotopic (exact) mass is 308 g/mol. The van der Waals surface area contributed by atoms with Gasteiger partial charge in [-0.25, -0.2) is 4.98 Å². The highest BCUT2D eigenvalue weighted by Crippen LogP contribution is 2.30. The van der Waals surface area contributed by atoms with Crippen molar-refractivity contribution in [3.63, 3.8) is 0 Å². The van der Waals surface area contributed by atoms with Crippen molar-refractivity contribution >= 4 is 27.6 Å². The fraction of sp³-hybridized carbons (Fsp3) is 0.500. The number of thiazole rings is 1. The molecule has 0 spiro atoms. The van der Waals surface area contributed by atoms with Crippen LogP contribution in [-0.2, 0) is 5.41 Å². The molecule has 0 radical (unpaired) electrons. The molecule has 0 amide bonds. The van der Waals surface area contributed by atoms with Crippen LogP contribution in [0.4, 0.5) is 0 Å². The van der Waals surface area contributed by atoms with Gasteiger partial charge < -0.3 is 5.73 Å². The molecule has 3 rings (SSSR count). The lowest BCUT2D eigenvalue weighted by Gasteiger charge is -2.13. The van der Waals surface area contributed by atoms with E-state index in [0.717, 1.165) is 26.5 Å². The Bertz CT molecular complexity index is 746. The minimum Gasteiger partial charge on any atom is -0.322 e. The SMILES string of the molecule is CC(N)c1nc(-c2nn3c(C(C)(C)C)nnc3s2)cs1. The highest BCUT2D eigenvalue weighted by Gasteiger charge is 2.24. The smallest absolute Gasteiger partial charge is 0.235 e. The molecule has 0 aliphatic carbocycles. The van der Waals surface area contributed by atoms with E-state index in [0.29, 0.717) is 0 Å². The van der Waals surface area contributed by atoms with Gasteiger partial charge in [-0.1, -0.05) is 32.1 Å². The number of nitrogens with two attached hydrogens (primary N) is 1. The highest BCUT2D eigenvalue weighted by atomic mass is 32.1. The third-order valence-corrected chi connectivity index (χ3v) is 4.76. The van der Waals surface area contributed by atoms with Crippen molar-refractivity contribution in [2.75, 3.05) is 0 Å². The largest absolute Gasteiger partial charge is 0.322 e. The second-order valence-corrected chi connectivity index (χ2v) is 7.58. The molecular formula is C12H16N6S2. The normalized spacial score (nSPS) is 14.1. The van der Waals surface area contributed by atoms with E-state index in [1.807, 2.05) is 16.8 Å². The maximum absolute atomic E-state index is 5.84. The van der Waals surface area contributed by atoms with Crippen LogP contribution in [0, 0.1) is 0 Å². The highest BCUT2D eigenvalue weighted by molar-refractivity contribution is 7.20. The van der Waals surface area contributed by atoms with Gasteiger partial charge in [-0.3, -0.25) is 0 Å². The predicted octanol–water partition coefficient (Wildman–Crippen LogP) is 2.63. The van der Waals surface area contributed by atoms with E-state index in [2.05, 4.69) is 41.1 Å². The fourth-order valence-corrected chi connectivity index (χ4v) is 3.42. The van der Waals surface area contributed by atoms with Gasteiger partial charge in [0.05, 0.1) is 6.04 Å². The van der Waals surface area contributed by atoms with Crippen LogP contribution in [0.25, 0.3) is 15.7 Å². The zero-order valence-corrected chi connectivity index (χ0v) is 13.4. The molecule has 0 aliphatic heterocycles. The van der Waals surface area contributed by atoms with Crippen LogP contribution in [0.2, 0.25) is 0 Å². The molecule has 0 bridgehead atoms. The van der Waals surface area contributed by atoms with Crippen LogP contribution in [0.3, 0.4) is 0 Å². The number of hydrogen-bond acceptors (Lipinski definition) is 7. The molecule has 3 aromatic heterocycles. The van der Waals surface area contributed by atoms with Crippen molar-refractivity contribution in [2.45, 2.75) is 39.2 Å². The predicted molar refractivity (Wildman–Crippen MR) is 81.1 cm³/mol. The minimum atomic E-state index is -0.0935. The summed E-state index contributed by atoms with van der Waals surface area (Å²) in [6.07, 6.45) is 0. The van der Waals surface area contributed by atoms with Gasteiger partial charge in [-0.2, -0.15) is 9.61 Å². The summed E-state index contributed by atoms with van der Waals surface area (Å²) >= 11 is 3.05. The molecule has 3 aromatic rings. The third kappa shape index (κ3) is 2.23. The van der Waals surface area contributed by atoms with Gasteiger partial charge in [0.25, 0.3) is 0 Å². The second kappa shape index (κ2) is 4.57. The summed E-state index contributed by atoms with van der Waals surface area (Å²) in [5.74, 6) is 0.859. The maximum Gasteiger partial charge on any atom is 0.235 e. The van der Waals surface area contributed by atoms with Crippen LogP contribution >= 0.6 is 22.7 Å². The number of hydrogen-bond donors (Lipinski definition) is 1. The molecular weight excluding hydrogens is 292 g/mol. The molecule has 3 heterocycles. The first kappa shape index (κ1) is 13.6. The number of nitrogens with zero attached hydrogens (tertiary/aromatic N) is 5. The standard InChI is InChI=1S/C12H16N6S2/c1-6(13)8-14-7(5-19-8)9-17-18-10(12(2,3)4)15-16-11(18)20-9/h5-6H,13H2,1-4H3. The van der Waals surface area contributed by atoms with E-state index in [4.69, 9.17) is 5.73 Å². The van der Waals surface area contributed by atoms with Crippen LogP contribution in [0.5, 0.6) is 0 Å². The lowest BCUT2D eigenvalue weighted by atomic mass is 9.96. The molecule has 8 heteroatoms. The lowest BCUT2D eigenvalue weighted by molar-refractivity contribution is 0.528. The summed E-state index contributed by atoms with van der Waals surface area (Å²) in [7, 11) is 0. The van der Waals surface area contributed by atoms with E-state index < -0.39 is 0 Å². The van der Waals surface area contributed by atoms with Gasteiger partial charge in [-0.05, 0) is 6.92 Å². The molecule has 0 aliphatic rings. The molecule has 0 aromatic carbocycles. The molecule has 0 fully saturated rings. The summed E-state index contributed by atoms with van der Waals surface area (Å²) in [5, 5.41) is 16.8. The zero-order valence-electron chi connectivity index (χ0n) is 11.8. The van der Waals surface area contributed by atoms with Crippen LogP contribution in [0.1, 0.15) is 44.6 Å². The Morgan fingerprint density at radius 1 is 1.30 bits per heavy atom. The zero-order chi connectivity index (χ0) is 14.5. The van der Waals surface area contributed by atoms with Crippen molar-refractivity contribution in [2.24, 2.45) is 5.73 Å². The number of rotatable bonds is 2. The van der Waals surface area contributed by atoms with Gasteiger partial charge in [-0.15, -0.1) is 21.5 Å². The summed E-state index contributed by atoms with van der Waals surface area (Å²) in [5.41, 5.74) is 6.61. The second-order valence-electron chi connectivity index (χ2n) is 5.73. The fourth-order valence-electron chi connectivity index (χ4n) is 1.78. The summed E-state index contributed by atoms with van der Waals surface area (Å²) in [6, 6.07) is -0.0513. The molecule has 6 nitrogen and oxygen atoms in total. The molecule has 0 saturated heterocycles.